The molecular formula is C26H25FN6. The van der Waals surface area contributed by atoms with Crippen LogP contribution in [0.2, 0.25) is 0 Å². The van der Waals surface area contributed by atoms with E-state index >= 15 is 0 Å². The Morgan fingerprint density at radius 2 is 1.85 bits per heavy atom. The van der Waals surface area contributed by atoms with E-state index in [0.29, 0.717) is 11.5 Å². The SMILES string of the molecule is Fc1cccc(Nc2cc(-c3cccnc3)nc(C3CCCCN3Cc3ccncc3)n2)c1. The molecule has 3 aromatic heterocycles. The van der Waals surface area contributed by atoms with Gasteiger partial charge in [-0.1, -0.05) is 12.5 Å². The van der Waals surface area contributed by atoms with Crippen LogP contribution < -0.4 is 5.32 Å². The van der Waals surface area contributed by atoms with Gasteiger partial charge in [0.25, 0.3) is 0 Å². The molecule has 1 aliphatic heterocycles. The normalized spacial score (nSPS) is 16.5. The zero-order chi connectivity index (χ0) is 22.5. The maximum absolute atomic E-state index is 13.8. The average Bonchev–Trinajstić information content (AvgIpc) is 2.85. The predicted molar refractivity (Wildman–Crippen MR) is 126 cm³/mol. The lowest BCUT2D eigenvalue weighted by atomic mass is 10.00. The van der Waals surface area contributed by atoms with Crippen LogP contribution in [0.15, 0.2) is 79.4 Å². The quantitative estimate of drug-likeness (QED) is 0.424. The minimum absolute atomic E-state index is 0.0941. The van der Waals surface area contributed by atoms with Crippen LogP contribution in [0.25, 0.3) is 11.3 Å². The molecule has 0 amide bonds. The van der Waals surface area contributed by atoms with E-state index in [0.717, 1.165) is 49.4 Å². The lowest BCUT2D eigenvalue weighted by molar-refractivity contribution is 0.134. The molecule has 1 N–H and O–H groups in total. The van der Waals surface area contributed by atoms with E-state index in [1.807, 2.05) is 36.7 Å². The smallest absolute Gasteiger partial charge is 0.148 e. The first-order valence-corrected chi connectivity index (χ1v) is 11.2. The third kappa shape index (κ3) is 5.21. The van der Waals surface area contributed by atoms with Crippen molar-refractivity contribution in [3.8, 4) is 11.3 Å². The van der Waals surface area contributed by atoms with Crippen molar-refractivity contribution < 1.29 is 4.39 Å². The summed E-state index contributed by atoms with van der Waals surface area (Å²) in [6.07, 6.45) is 10.5. The summed E-state index contributed by atoms with van der Waals surface area (Å²) in [6.45, 7) is 1.81. The molecule has 1 fully saturated rings. The first kappa shape index (κ1) is 21.2. The Bertz CT molecular complexity index is 1200. The van der Waals surface area contributed by atoms with Gasteiger partial charge < -0.3 is 5.32 Å². The van der Waals surface area contributed by atoms with E-state index in [4.69, 9.17) is 9.97 Å². The molecule has 0 radical (unpaired) electrons. The summed E-state index contributed by atoms with van der Waals surface area (Å²) in [7, 11) is 0. The number of halogens is 1. The van der Waals surface area contributed by atoms with Gasteiger partial charge in [-0.25, -0.2) is 14.4 Å². The van der Waals surface area contributed by atoms with Gasteiger partial charge in [-0.2, -0.15) is 0 Å². The number of hydrogen-bond donors (Lipinski definition) is 1. The Morgan fingerprint density at radius 3 is 2.67 bits per heavy atom. The van der Waals surface area contributed by atoms with Crippen molar-refractivity contribution >= 4 is 11.5 Å². The van der Waals surface area contributed by atoms with Gasteiger partial charge in [0.05, 0.1) is 11.7 Å². The predicted octanol–water partition coefficient (Wildman–Crippen LogP) is 5.54. The van der Waals surface area contributed by atoms with Gasteiger partial charge >= 0.3 is 0 Å². The lowest BCUT2D eigenvalue weighted by Crippen LogP contribution is -2.34. The molecular weight excluding hydrogens is 415 g/mol. The molecule has 0 aliphatic carbocycles. The highest BCUT2D eigenvalue weighted by molar-refractivity contribution is 5.65. The molecule has 33 heavy (non-hydrogen) atoms. The van der Waals surface area contributed by atoms with Crippen molar-refractivity contribution in [2.24, 2.45) is 0 Å². The average molecular weight is 441 g/mol. The maximum Gasteiger partial charge on any atom is 0.148 e. The fourth-order valence-electron chi connectivity index (χ4n) is 4.25. The highest BCUT2D eigenvalue weighted by Crippen LogP contribution is 2.33. The third-order valence-electron chi connectivity index (χ3n) is 5.84. The fourth-order valence-corrected chi connectivity index (χ4v) is 4.25. The van der Waals surface area contributed by atoms with E-state index < -0.39 is 0 Å². The fraction of sp³-hybridized carbons (Fsp3) is 0.231. The molecule has 6 nitrogen and oxygen atoms in total. The molecule has 1 aromatic carbocycles. The van der Waals surface area contributed by atoms with E-state index in [1.54, 1.807) is 18.5 Å². The first-order chi connectivity index (χ1) is 16.2. The molecule has 1 aliphatic rings. The van der Waals surface area contributed by atoms with Gasteiger partial charge in [0.1, 0.15) is 17.5 Å². The summed E-state index contributed by atoms with van der Waals surface area (Å²) in [4.78, 5) is 20.7. The molecule has 1 unspecified atom stereocenters. The number of anilines is 2. The summed E-state index contributed by atoms with van der Waals surface area (Å²) in [6, 6.07) is 16.4. The van der Waals surface area contributed by atoms with Crippen LogP contribution in [0.1, 0.15) is 36.7 Å². The second kappa shape index (κ2) is 9.83. The number of nitrogens with one attached hydrogen (secondary N) is 1. The second-order valence-electron chi connectivity index (χ2n) is 8.21. The standard InChI is InChI=1S/C26H25FN6/c27-21-6-3-7-22(15-21)30-25-16-23(20-5-4-11-29-17-20)31-26(32-25)24-8-1-2-14-33(24)18-19-9-12-28-13-10-19/h3-7,9-13,15-17,24H,1-2,8,14,18H2,(H,30,31,32). The molecule has 166 valence electrons. The largest absolute Gasteiger partial charge is 0.340 e. The maximum atomic E-state index is 13.8. The molecule has 4 heterocycles. The topological polar surface area (TPSA) is 66.8 Å². The summed E-state index contributed by atoms with van der Waals surface area (Å²) >= 11 is 0. The number of hydrogen-bond acceptors (Lipinski definition) is 6. The zero-order valence-electron chi connectivity index (χ0n) is 18.2. The summed E-state index contributed by atoms with van der Waals surface area (Å²) < 4.78 is 13.8. The Labute approximate surface area is 192 Å². The highest BCUT2D eigenvalue weighted by Gasteiger charge is 2.27. The van der Waals surface area contributed by atoms with Crippen molar-refractivity contribution in [1.29, 1.82) is 0 Å². The Hall–Kier alpha value is -3.71. The van der Waals surface area contributed by atoms with Crippen molar-refractivity contribution in [2.75, 3.05) is 11.9 Å². The molecule has 0 spiro atoms. The van der Waals surface area contributed by atoms with E-state index in [2.05, 4.69) is 32.3 Å². The van der Waals surface area contributed by atoms with E-state index in [-0.39, 0.29) is 11.9 Å². The monoisotopic (exact) mass is 440 g/mol. The number of aromatic nitrogens is 4. The van der Waals surface area contributed by atoms with Gasteiger partial charge in [0, 0.05) is 48.6 Å². The number of likely N-dealkylation sites (tertiary alicyclic amines) is 1. The van der Waals surface area contributed by atoms with Crippen LogP contribution in [0.4, 0.5) is 15.9 Å². The van der Waals surface area contributed by atoms with Gasteiger partial charge in [-0.15, -0.1) is 0 Å². The van der Waals surface area contributed by atoms with E-state index in [9.17, 15) is 4.39 Å². The number of benzene rings is 1. The molecule has 5 rings (SSSR count). The van der Waals surface area contributed by atoms with E-state index in [1.165, 1.54) is 17.7 Å². The molecule has 7 heteroatoms. The van der Waals surface area contributed by atoms with Crippen molar-refractivity contribution in [2.45, 2.75) is 31.8 Å². The van der Waals surface area contributed by atoms with Gasteiger partial charge in [0.2, 0.25) is 0 Å². The lowest BCUT2D eigenvalue weighted by Gasteiger charge is -2.35. The molecule has 0 saturated carbocycles. The number of nitrogens with zero attached hydrogens (tertiary/aromatic N) is 5. The Kier molecular flexibility index (Phi) is 6.30. The number of piperidine rings is 1. The van der Waals surface area contributed by atoms with Crippen LogP contribution in [0, 0.1) is 5.82 Å². The van der Waals surface area contributed by atoms with Crippen molar-refractivity contribution in [3.63, 3.8) is 0 Å². The third-order valence-corrected chi connectivity index (χ3v) is 5.84. The summed E-state index contributed by atoms with van der Waals surface area (Å²) in [5.41, 5.74) is 3.58. The minimum atomic E-state index is -0.294. The Morgan fingerprint density at radius 1 is 0.939 bits per heavy atom. The van der Waals surface area contributed by atoms with Gasteiger partial charge in [0.15, 0.2) is 0 Å². The minimum Gasteiger partial charge on any atom is -0.340 e. The van der Waals surface area contributed by atoms with Gasteiger partial charge in [-0.05, 0) is 67.4 Å². The van der Waals surface area contributed by atoms with Crippen LogP contribution >= 0.6 is 0 Å². The summed E-state index contributed by atoms with van der Waals surface area (Å²) in [5, 5.41) is 3.26. The molecule has 0 bridgehead atoms. The summed E-state index contributed by atoms with van der Waals surface area (Å²) in [5.74, 6) is 1.11. The number of pyridine rings is 2. The van der Waals surface area contributed by atoms with Crippen LogP contribution in [0.3, 0.4) is 0 Å². The first-order valence-electron chi connectivity index (χ1n) is 11.2. The number of rotatable bonds is 6. The van der Waals surface area contributed by atoms with Crippen LogP contribution in [-0.2, 0) is 6.54 Å². The van der Waals surface area contributed by atoms with Crippen LogP contribution in [-0.4, -0.2) is 31.4 Å². The van der Waals surface area contributed by atoms with Crippen LogP contribution in [0.5, 0.6) is 0 Å². The van der Waals surface area contributed by atoms with Crippen molar-refractivity contribution in [3.05, 3.63) is 96.6 Å². The van der Waals surface area contributed by atoms with Crippen molar-refractivity contribution in [1.82, 2.24) is 24.8 Å². The van der Waals surface area contributed by atoms with Gasteiger partial charge in [-0.3, -0.25) is 14.9 Å². The zero-order valence-corrected chi connectivity index (χ0v) is 18.2. The molecule has 1 atom stereocenters. The highest BCUT2D eigenvalue weighted by atomic mass is 19.1. The second-order valence-corrected chi connectivity index (χ2v) is 8.21. The molecule has 1 saturated heterocycles. The molecule has 4 aromatic rings. The Balaban J connectivity index is 1.51.